The molecule has 0 aromatic heterocycles. The van der Waals surface area contributed by atoms with E-state index in [9.17, 15) is 4.79 Å². The van der Waals surface area contributed by atoms with Crippen molar-refractivity contribution in [1.82, 2.24) is 0 Å². The molecule has 0 bridgehead atoms. The first-order valence-electron chi connectivity index (χ1n) is 2.94. The van der Waals surface area contributed by atoms with Crippen LogP contribution >= 0.6 is 0 Å². The van der Waals surface area contributed by atoms with Crippen molar-refractivity contribution in [3.63, 3.8) is 0 Å². The third-order valence-corrected chi connectivity index (χ3v) is 1.31. The van der Waals surface area contributed by atoms with E-state index in [0.29, 0.717) is 0 Å². The van der Waals surface area contributed by atoms with Gasteiger partial charge in [-0.1, -0.05) is 0 Å². The van der Waals surface area contributed by atoms with Crippen molar-refractivity contribution < 1.29 is 30.0 Å². The summed E-state index contributed by atoms with van der Waals surface area (Å²) in [6.45, 7) is 0. The van der Waals surface area contributed by atoms with Crippen LogP contribution in [0.5, 0.6) is 0 Å². The minimum atomic E-state index is -1.50. The van der Waals surface area contributed by atoms with Crippen molar-refractivity contribution in [3.8, 4) is 0 Å². The zero-order valence-corrected chi connectivity index (χ0v) is 5.76. The van der Waals surface area contributed by atoms with Gasteiger partial charge in [-0.2, -0.15) is 0 Å². The highest BCUT2D eigenvalue weighted by Crippen LogP contribution is 2.22. The van der Waals surface area contributed by atoms with E-state index in [2.05, 4.69) is 4.74 Å². The molecule has 1 aliphatic rings. The van der Waals surface area contributed by atoms with E-state index in [4.69, 9.17) is 20.4 Å². The van der Waals surface area contributed by atoms with Gasteiger partial charge in [0.05, 0.1) is 0 Å². The summed E-state index contributed by atoms with van der Waals surface area (Å²) in [4.78, 5) is 10.5. The van der Waals surface area contributed by atoms with Gasteiger partial charge < -0.3 is 25.2 Å². The lowest BCUT2D eigenvalue weighted by Crippen LogP contribution is -2.14. The van der Waals surface area contributed by atoms with Crippen molar-refractivity contribution in [2.45, 2.75) is 6.10 Å². The fourth-order valence-corrected chi connectivity index (χ4v) is 0.716. The molecule has 1 atom stereocenters. The number of aliphatic hydroxyl groups excluding tert-OH is 4. The van der Waals surface area contributed by atoms with E-state index >= 15 is 0 Å². The molecule has 0 aliphatic carbocycles. The highest BCUT2D eigenvalue weighted by molar-refractivity contribution is 5.89. The van der Waals surface area contributed by atoms with Crippen LogP contribution in [0.4, 0.5) is 0 Å². The van der Waals surface area contributed by atoms with Gasteiger partial charge in [-0.05, 0) is 0 Å². The van der Waals surface area contributed by atoms with Gasteiger partial charge in [0.2, 0.25) is 11.9 Å². The van der Waals surface area contributed by atoms with Crippen molar-refractivity contribution in [2.75, 3.05) is 0 Å². The van der Waals surface area contributed by atoms with E-state index in [1.807, 2.05) is 0 Å². The molecule has 1 aliphatic heterocycles. The summed E-state index contributed by atoms with van der Waals surface area (Å²) >= 11 is 0. The summed E-state index contributed by atoms with van der Waals surface area (Å²) in [7, 11) is 0. The number of hydrogen-bond donors (Lipinski definition) is 4. The normalized spacial score (nSPS) is 24.5. The molecule has 6 nitrogen and oxygen atoms in total. The Kier molecular flexibility index (Phi) is 1.82. The molecule has 12 heavy (non-hydrogen) atoms. The van der Waals surface area contributed by atoms with Crippen molar-refractivity contribution in [1.29, 1.82) is 0 Å². The van der Waals surface area contributed by atoms with Gasteiger partial charge in [-0.3, -0.25) is 0 Å². The first-order valence-corrected chi connectivity index (χ1v) is 2.94. The first-order chi connectivity index (χ1) is 5.57. The minimum Gasteiger partial charge on any atom is -0.512 e. The highest BCUT2D eigenvalue weighted by Gasteiger charge is 2.37. The summed E-state index contributed by atoms with van der Waals surface area (Å²) in [5.74, 6) is -3.69. The molecule has 0 unspecified atom stereocenters. The highest BCUT2D eigenvalue weighted by atomic mass is 16.6. The van der Waals surface area contributed by atoms with Crippen molar-refractivity contribution in [3.05, 3.63) is 23.5 Å². The van der Waals surface area contributed by atoms with E-state index < -0.39 is 29.4 Å². The molecular weight excluding hydrogens is 168 g/mol. The fourth-order valence-electron chi connectivity index (χ4n) is 0.716. The molecule has 0 saturated heterocycles. The Morgan fingerprint density at radius 1 is 1.50 bits per heavy atom. The lowest BCUT2D eigenvalue weighted by Gasteiger charge is -2.06. The van der Waals surface area contributed by atoms with Crippen LogP contribution in [0.3, 0.4) is 0 Å². The standard InChI is InChI=1S/C6H6O6/c7-1-2(8)5-3(9)4(10)6(11)12-5/h1,5,7-10H/b2-1-/t5-/m1/s1. The first kappa shape index (κ1) is 8.25. The number of cyclic esters (lactones) is 1. The van der Waals surface area contributed by atoms with Gasteiger partial charge in [0, 0.05) is 0 Å². The molecule has 4 N–H and O–H groups in total. The molecule has 6 heteroatoms. The minimum absolute atomic E-state index is 0.257. The molecule has 1 rings (SSSR count). The van der Waals surface area contributed by atoms with E-state index in [-0.39, 0.29) is 6.26 Å². The number of ether oxygens (including phenoxy) is 1. The van der Waals surface area contributed by atoms with Gasteiger partial charge in [-0.25, -0.2) is 4.79 Å². The van der Waals surface area contributed by atoms with Crippen LogP contribution in [-0.4, -0.2) is 32.5 Å². The number of hydrogen-bond acceptors (Lipinski definition) is 6. The maximum atomic E-state index is 10.5. The molecule has 0 spiro atoms. The monoisotopic (exact) mass is 174 g/mol. The van der Waals surface area contributed by atoms with Crippen LogP contribution in [0, 0.1) is 0 Å². The van der Waals surface area contributed by atoms with Gasteiger partial charge in [-0.15, -0.1) is 0 Å². The Morgan fingerprint density at radius 2 is 2.08 bits per heavy atom. The molecule has 0 aromatic carbocycles. The summed E-state index contributed by atoms with van der Waals surface area (Å²) in [5.41, 5.74) is 0. The Labute approximate surface area is 66.6 Å². The van der Waals surface area contributed by atoms with Gasteiger partial charge in [0.25, 0.3) is 0 Å². The van der Waals surface area contributed by atoms with E-state index in [0.717, 1.165) is 0 Å². The molecular formula is C6H6O6. The summed E-state index contributed by atoms with van der Waals surface area (Å²) in [6, 6.07) is 0. The molecule has 1 heterocycles. The van der Waals surface area contributed by atoms with Gasteiger partial charge in [0.15, 0.2) is 11.5 Å². The fraction of sp³-hybridized carbons (Fsp3) is 0.167. The van der Waals surface area contributed by atoms with Gasteiger partial charge in [0.1, 0.15) is 6.26 Å². The molecule has 0 aromatic rings. The Bertz CT molecular complexity index is 276. The Hall–Kier alpha value is -1.85. The lowest BCUT2D eigenvalue weighted by atomic mass is 10.2. The van der Waals surface area contributed by atoms with Crippen molar-refractivity contribution >= 4 is 5.97 Å². The number of rotatable bonds is 1. The number of aliphatic hydroxyl groups is 4. The summed E-state index contributed by atoms with van der Waals surface area (Å²) in [5, 5.41) is 34.7. The van der Waals surface area contributed by atoms with Crippen LogP contribution < -0.4 is 0 Å². The van der Waals surface area contributed by atoms with Crippen LogP contribution in [-0.2, 0) is 9.53 Å². The second-order valence-electron chi connectivity index (χ2n) is 2.07. The van der Waals surface area contributed by atoms with Crippen LogP contribution in [0.1, 0.15) is 0 Å². The van der Waals surface area contributed by atoms with E-state index in [1.54, 1.807) is 0 Å². The zero-order valence-electron chi connectivity index (χ0n) is 5.76. The Balaban J connectivity index is 2.95. The Morgan fingerprint density at radius 3 is 2.42 bits per heavy atom. The maximum absolute atomic E-state index is 10.5. The maximum Gasteiger partial charge on any atom is 0.378 e. The van der Waals surface area contributed by atoms with Crippen LogP contribution in [0.25, 0.3) is 0 Å². The number of carbonyl (C=O) groups is 1. The average molecular weight is 174 g/mol. The summed E-state index contributed by atoms with van der Waals surface area (Å²) < 4.78 is 4.25. The topological polar surface area (TPSA) is 107 Å². The zero-order chi connectivity index (χ0) is 9.30. The molecule has 0 amide bonds. The quantitative estimate of drug-likeness (QED) is 0.334. The third kappa shape index (κ3) is 1.03. The number of esters is 1. The van der Waals surface area contributed by atoms with Crippen molar-refractivity contribution in [2.24, 2.45) is 0 Å². The molecule has 0 radical (unpaired) electrons. The lowest BCUT2D eigenvalue weighted by molar-refractivity contribution is -0.142. The molecule has 0 fully saturated rings. The van der Waals surface area contributed by atoms with Gasteiger partial charge >= 0.3 is 5.97 Å². The number of carbonyl (C=O) groups excluding carboxylic acids is 1. The SMILES string of the molecule is O=C1O[C@H](/C(O)=C/O)C(O)=C1O. The van der Waals surface area contributed by atoms with Crippen LogP contribution in [0.2, 0.25) is 0 Å². The largest absolute Gasteiger partial charge is 0.512 e. The molecule has 66 valence electrons. The van der Waals surface area contributed by atoms with Crippen LogP contribution in [0.15, 0.2) is 23.5 Å². The van der Waals surface area contributed by atoms with E-state index in [1.165, 1.54) is 0 Å². The third-order valence-electron chi connectivity index (χ3n) is 1.31. The smallest absolute Gasteiger partial charge is 0.378 e. The second kappa shape index (κ2) is 2.65. The average Bonchev–Trinajstić information content (AvgIpc) is 2.32. The predicted molar refractivity (Wildman–Crippen MR) is 35.5 cm³/mol. The summed E-state index contributed by atoms with van der Waals surface area (Å²) in [6.07, 6.45) is -1.24. The molecule has 0 saturated carbocycles. The second-order valence-corrected chi connectivity index (χ2v) is 2.07. The predicted octanol–water partition coefficient (Wildman–Crippen LogP) is 0.197.